The smallest absolute Gasteiger partial charge is 0.254 e. The van der Waals surface area contributed by atoms with Gasteiger partial charge >= 0.3 is 0 Å². The maximum atomic E-state index is 12.6. The van der Waals surface area contributed by atoms with Gasteiger partial charge < -0.3 is 14.9 Å². The molecule has 0 aromatic heterocycles. The average Bonchev–Trinajstić information content (AvgIpc) is 3.12. The number of carbonyl (C=O) groups is 2. The molecule has 0 aromatic rings. The van der Waals surface area contributed by atoms with Gasteiger partial charge in [0.2, 0.25) is 5.91 Å². The second kappa shape index (κ2) is 7.52. The molecule has 0 spiro atoms. The van der Waals surface area contributed by atoms with E-state index in [1.807, 2.05) is 9.80 Å². The first-order chi connectivity index (χ1) is 13.5. The first kappa shape index (κ1) is 21.1. The molecule has 0 aromatic carbocycles. The fourth-order valence-electron chi connectivity index (χ4n) is 5.15. The van der Waals surface area contributed by atoms with Crippen LogP contribution < -0.4 is 0 Å². The van der Waals surface area contributed by atoms with Crippen molar-refractivity contribution in [2.75, 3.05) is 45.8 Å². The van der Waals surface area contributed by atoms with Crippen LogP contribution in [0.2, 0.25) is 0 Å². The minimum absolute atomic E-state index is 0.0498. The van der Waals surface area contributed by atoms with Crippen LogP contribution in [0.5, 0.6) is 0 Å². The Kier molecular flexibility index (Phi) is 5.48. The van der Waals surface area contributed by atoms with Crippen LogP contribution in [0.25, 0.3) is 0 Å². The highest BCUT2D eigenvalue weighted by atomic mass is 16.3. The van der Waals surface area contributed by atoms with E-state index >= 15 is 0 Å². The van der Waals surface area contributed by atoms with E-state index < -0.39 is 5.60 Å². The van der Waals surface area contributed by atoms with Crippen molar-refractivity contribution in [2.45, 2.75) is 59.0 Å². The number of carbonyl (C=O) groups excluding carboxylic acids is 2. The van der Waals surface area contributed by atoms with E-state index in [2.05, 4.69) is 32.6 Å². The van der Waals surface area contributed by atoms with Gasteiger partial charge in [-0.15, -0.1) is 0 Å². The van der Waals surface area contributed by atoms with Gasteiger partial charge in [0.25, 0.3) is 5.91 Å². The molecule has 1 N–H and O–H groups in total. The average molecular weight is 406 g/mol. The van der Waals surface area contributed by atoms with E-state index in [0.717, 1.165) is 39.3 Å². The molecule has 3 saturated heterocycles. The summed E-state index contributed by atoms with van der Waals surface area (Å²) in [6.45, 7) is 15.2. The Labute approximate surface area is 175 Å². The maximum absolute atomic E-state index is 12.6. The third-order valence-corrected chi connectivity index (χ3v) is 8.02. The summed E-state index contributed by atoms with van der Waals surface area (Å²) in [6.07, 6.45) is 3.62. The lowest BCUT2D eigenvalue weighted by atomic mass is 9.76. The Morgan fingerprint density at radius 3 is 2.31 bits per heavy atom. The van der Waals surface area contributed by atoms with Crippen LogP contribution in [0, 0.1) is 29.1 Å². The quantitative estimate of drug-likeness (QED) is 0.732. The molecule has 0 bridgehead atoms. The molecular formula is C23H39N3O3. The molecule has 1 aliphatic carbocycles. The van der Waals surface area contributed by atoms with Gasteiger partial charge in [-0.25, -0.2) is 0 Å². The van der Waals surface area contributed by atoms with E-state index in [9.17, 15) is 14.7 Å². The molecule has 6 heteroatoms. The number of aliphatic hydroxyl groups is 1. The molecule has 4 aliphatic rings. The molecule has 3 heterocycles. The van der Waals surface area contributed by atoms with E-state index in [1.54, 1.807) is 0 Å². The summed E-state index contributed by atoms with van der Waals surface area (Å²) >= 11 is 0. The second-order valence-electron chi connectivity index (χ2n) is 11.5. The zero-order valence-corrected chi connectivity index (χ0v) is 18.7. The standard InChI is InChI=1S/C23H39N3O3/c1-16(18-11-26(12-18)21(28)23(29)6-7-23)9-17-5-8-24(10-17)15-20(27)25-13-19(14-25)22(2,3)4/h16-19,29H,5-15H2,1-4H3. The van der Waals surface area contributed by atoms with Crippen LogP contribution in [-0.4, -0.2) is 83.0 Å². The van der Waals surface area contributed by atoms with Crippen molar-refractivity contribution in [2.24, 2.45) is 29.1 Å². The van der Waals surface area contributed by atoms with E-state index in [1.165, 1.54) is 12.8 Å². The van der Waals surface area contributed by atoms with E-state index in [-0.39, 0.29) is 5.91 Å². The highest BCUT2D eigenvalue weighted by Crippen LogP contribution is 2.40. The summed E-state index contributed by atoms with van der Waals surface area (Å²) in [5.41, 5.74) is -0.722. The predicted octanol–water partition coefficient (Wildman–Crippen LogP) is 1.82. The van der Waals surface area contributed by atoms with E-state index in [4.69, 9.17) is 0 Å². The zero-order valence-electron chi connectivity index (χ0n) is 18.7. The summed E-state index contributed by atoms with van der Waals surface area (Å²) in [4.78, 5) is 30.9. The van der Waals surface area contributed by atoms with Crippen LogP contribution in [0.1, 0.15) is 53.4 Å². The molecule has 29 heavy (non-hydrogen) atoms. The van der Waals surface area contributed by atoms with Crippen LogP contribution >= 0.6 is 0 Å². The Balaban J connectivity index is 1.14. The number of hydrogen-bond donors (Lipinski definition) is 1. The number of nitrogens with zero attached hydrogens (tertiary/aromatic N) is 3. The SMILES string of the molecule is CC(CC1CCN(CC(=O)N2CC(C(C)(C)C)C2)C1)C1CN(C(=O)C2(O)CC2)C1. The summed E-state index contributed by atoms with van der Waals surface area (Å²) in [7, 11) is 0. The zero-order chi connectivity index (χ0) is 21.0. The summed E-state index contributed by atoms with van der Waals surface area (Å²) in [5, 5.41) is 9.98. The third-order valence-electron chi connectivity index (χ3n) is 8.02. The fourth-order valence-corrected chi connectivity index (χ4v) is 5.15. The molecular weight excluding hydrogens is 366 g/mol. The predicted molar refractivity (Wildman–Crippen MR) is 112 cm³/mol. The van der Waals surface area contributed by atoms with Crippen molar-refractivity contribution in [1.29, 1.82) is 0 Å². The van der Waals surface area contributed by atoms with Crippen LogP contribution in [0.15, 0.2) is 0 Å². The van der Waals surface area contributed by atoms with Gasteiger partial charge in [0, 0.05) is 32.7 Å². The Hall–Kier alpha value is -1.14. The Bertz CT molecular complexity index is 642. The van der Waals surface area contributed by atoms with Gasteiger partial charge in [-0.2, -0.15) is 0 Å². The van der Waals surface area contributed by atoms with Crippen molar-refractivity contribution in [3.63, 3.8) is 0 Å². The first-order valence-corrected chi connectivity index (χ1v) is 11.6. The van der Waals surface area contributed by atoms with Crippen molar-refractivity contribution >= 4 is 11.8 Å². The first-order valence-electron chi connectivity index (χ1n) is 11.6. The largest absolute Gasteiger partial charge is 0.380 e. The lowest BCUT2D eigenvalue weighted by Gasteiger charge is -2.46. The minimum atomic E-state index is -1.02. The van der Waals surface area contributed by atoms with Gasteiger partial charge in [-0.3, -0.25) is 14.5 Å². The minimum Gasteiger partial charge on any atom is -0.380 e. The van der Waals surface area contributed by atoms with Crippen molar-refractivity contribution < 1.29 is 14.7 Å². The molecule has 4 rings (SSSR count). The highest BCUT2D eigenvalue weighted by molar-refractivity contribution is 5.88. The van der Waals surface area contributed by atoms with Gasteiger partial charge in [-0.05, 0) is 61.3 Å². The monoisotopic (exact) mass is 405 g/mol. The van der Waals surface area contributed by atoms with Crippen LogP contribution in [-0.2, 0) is 9.59 Å². The summed E-state index contributed by atoms with van der Waals surface area (Å²) < 4.78 is 0. The summed E-state index contributed by atoms with van der Waals surface area (Å²) in [5.74, 6) is 2.70. The fraction of sp³-hybridized carbons (Fsp3) is 0.913. The van der Waals surface area contributed by atoms with Crippen molar-refractivity contribution in [1.82, 2.24) is 14.7 Å². The normalized spacial score (nSPS) is 28.8. The van der Waals surface area contributed by atoms with Crippen LogP contribution in [0.3, 0.4) is 0 Å². The van der Waals surface area contributed by atoms with Gasteiger partial charge in [-0.1, -0.05) is 27.7 Å². The topological polar surface area (TPSA) is 64.1 Å². The van der Waals surface area contributed by atoms with Crippen molar-refractivity contribution in [3.05, 3.63) is 0 Å². The molecule has 2 unspecified atom stereocenters. The van der Waals surface area contributed by atoms with Gasteiger partial charge in [0.1, 0.15) is 5.60 Å². The second-order valence-corrected chi connectivity index (χ2v) is 11.5. The number of amides is 2. The van der Waals surface area contributed by atoms with E-state index in [0.29, 0.717) is 54.4 Å². The molecule has 1 saturated carbocycles. The lowest BCUT2D eigenvalue weighted by Crippen LogP contribution is -2.56. The Morgan fingerprint density at radius 2 is 1.72 bits per heavy atom. The summed E-state index contributed by atoms with van der Waals surface area (Å²) in [6, 6.07) is 0. The lowest BCUT2D eigenvalue weighted by molar-refractivity contribution is -0.150. The number of likely N-dealkylation sites (tertiary alicyclic amines) is 3. The number of rotatable bonds is 6. The maximum Gasteiger partial charge on any atom is 0.254 e. The molecule has 2 amide bonds. The molecule has 164 valence electrons. The van der Waals surface area contributed by atoms with Gasteiger partial charge in [0.15, 0.2) is 0 Å². The van der Waals surface area contributed by atoms with Crippen molar-refractivity contribution in [3.8, 4) is 0 Å². The molecule has 0 radical (unpaired) electrons. The third kappa shape index (κ3) is 4.48. The Morgan fingerprint density at radius 1 is 1.07 bits per heavy atom. The number of hydrogen-bond acceptors (Lipinski definition) is 4. The van der Waals surface area contributed by atoms with Gasteiger partial charge in [0.05, 0.1) is 6.54 Å². The molecule has 6 nitrogen and oxygen atoms in total. The molecule has 2 atom stereocenters. The highest BCUT2D eigenvalue weighted by Gasteiger charge is 2.52. The molecule has 4 fully saturated rings. The van der Waals surface area contributed by atoms with Crippen LogP contribution in [0.4, 0.5) is 0 Å². The molecule has 3 aliphatic heterocycles.